The first-order valence-electron chi connectivity index (χ1n) is 7.31. The molecule has 3 nitrogen and oxygen atoms in total. The van der Waals surface area contributed by atoms with Gasteiger partial charge in [-0.1, -0.05) is 25.1 Å². The first-order chi connectivity index (χ1) is 10.1. The van der Waals surface area contributed by atoms with Crippen LogP contribution in [0.25, 0.3) is 0 Å². The Hall–Kier alpha value is -1.94. The zero-order chi connectivity index (χ0) is 14.9. The number of rotatable bonds is 3. The third-order valence-corrected chi connectivity index (χ3v) is 4.16. The van der Waals surface area contributed by atoms with Crippen LogP contribution in [0.5, 0.6) is 5.75 Å². The van der Waals surface area contributed by atoms with E-state index in [9.17, 15) is 4.39 Å². The molecule has 1 atom stereocenters. The average molecular weight is 286 g/mol. The Morgan fingerprint density at radius 2 is 2.19 bits per heavy atom. The van der Waals surface area contributed by atoms with Crippen LogP contribution < -0.4 is 10.5 Å². The molecule has 1 unspecified atom stereocenters. The number of hydrogen-bond acceptors (Lipinski definition) is 3. The summed E-state index contributed by atoms with van der Waals surface area (Å²) in [4.78, 5) is 4.19. The lowest BCUT2D eigenvalue weighted by Crippen LogP contribution is -2.39. The normalized spacial score (nSPS) is 16.7. The van der Waals surface area contributed by atoms with Crippen LogP contribution in [0.15, 0.2) is 36.5 Å². The van der Waals surface area contributed by atoms with Crippen molar-refractivity contribution in [3.63, 3.8) is 0 Å². The molecule has 0 spiro atoms. The number of nitrogens with zero attached hydrogens (tertiary/aromatic N) is 1. The molecule has 2 aromatic rings. The van der Waals surface area contributed by atoms with Gasteiger partial charge in [0.1, 0.15) is 11.6 Å². The summed E-state index contributed by atoms with van der Waals surface area (Å²) in [7, 11) is 0. The Morgan fingerprint density at radius 3 is 2.90 bits per heavy atom. The molecular weight excluding hydrogens is 267 g/mol. The molecule has 0 amide bonds. The summed E-state index contributed by atoms with van der Waals surface area (Å²) < 4.78 is 19.0. The first kappa shape index (κ1) is 14.0. The van der Waals surface area contributed by atoms with E-state index in [0.29, 0.717) is 18.7 Å². The maximum Gasteiger partial charge on any atom is 0.141 e. The van der Waals surface area contributed by atoms with Gasteiger partial charge < -0.3 is 10.5 Å². The zero-order valence-corrected chi connectivity index (χ0v) is 12.1. The Kier molecular flexibility index (Phi) is 3.64. The molecule has 1 aromatic carbocycles. The lowest BCUT2D eigenvalue weighted by molar-refractivity contribution is 0.278. The summed E-state index contributed by atoms with van der Waals surface area (Å²) in [5, 5.41) is 0. The van der Waals surface area contributed by atoms with Crippen molar-refractivity contribution in [2.45, 2.75) is 31.7 Å². The van der Waals surface area contributed by atoms with Crippen molar-refractivity contribution in [2.24, 2.45) is 5.73 Å². The molecule has 0 fully saturated rings. The van der Waals surface area contributed by atoms with Crippen LogP contribution in [0.1, 0.15) is 36.6 Å². The summed E-state index contributed by atoms with van der Waals surface area (Å²) in [6, 6.07) is 9.12. The molecule has 1 aromatic heterocycles. The maximum absolute atomic E-state index is 13.1. The fourth-order valence-electron chi connectivity index (χ4n) is 2.89. The summed E-state index contributed by atoms with van der Waals surface area (Å²) in [5.74, 6) is 0.516. The quantitative estimate of drug-likeness (QED) is 0.943. The Morgan fingerprint density at radius 1 is 1.33 bits per heavy atom. The predicted molar refractivity (Wildman–Crippen MR) is 79.7 cm³/mol. The predicted octanol–water partition coefficient (Wildman–Crippen LogP) is 3.16. The van der Waals surface area contributed by atoms with Gasteiger partial charge in [0.2, 0.25) is 0 Å². The van der Waals surface area contributed by atoms with Crippen LogP contribution in [-0.4, -0.2) is 11.6 Å². The van der Waals surface area contributed by atoms with Crippen molar-refractivity contribution in [2.75, 3.05) is 6.61 Å². The van der Waals surface area contributed by atoms with Gasteiger partial charge in [-0.2, -0.15) is 0 Å². The number of ether oxygens (including phenoxy) is 1. The van der Waals surface area contributed by atoms with Crippen LogP contribution in [0.4, 0.5) is 4.39 Å². The molecule has 0 bridgehead atoms. The van der Waals surface area contributed by atoms with E-state index in [1.165, 1.54) is 17.8 Å². The van der Waals surface area contributed by atoms with Gasteiger partial charge in [0, 0.05) is 5.56 Å². The van der Waals surface area contributed by atoms with Crippen molar-refractivity contribution in [1.29, 1.82) is 0 Å². The minimum absolute atomic E-state index is 0.358. The molecule has 0 saturated heterocycles. The van der Waals surface area contributed by atoms with Gasteiger partial charge >= 0.3 is 0 Å². The first-order valence-corrected chi connectivity index (χ1v) is 7.31. The Balaban J connectivity index is 2.13. The van der Waals surface area contributed by atoms with E-state index in [4.69, 9.17) is 10.5 Å². The summed E-state index contributed by atoms with van der Waals surface area (Å²) >= 11 is 0. The molecule has 0 saturated carbocycles. The van der Waals surface area contributed by atoms with Gasteiger partial charge in [-0.3, -0.25) is 4.98 Å². The summed E-state index contributed by atoms with van der Waals surface area (Å²) in [6.45, 7) is 2.72. The van der Waals surface area contributed by atoms with Gasteiger partial charge in [-0.25, -0.2) is 4.39 Å². The molecule has 0 radical (unpaired) electrons. The Labute approximate surface area is 124 Å². The van der Waals surface area contributed by atoms with Gasteiger partial charge in [-0.15, -0.1) is 0 Å². The number of pyridine rings is 1. The van der Waals surface area contributed by atoms with E-state index in [0.717, 1.165) is 24.2 Å². The maximum atomic E-state index is 13.1. The number of benzene rings is 1. The second-order valence-corrected chi connectivity index (χ2v) is 5.43. The van der Waals surface area contributed by atoms with Crippen LogP contribution in [0.2, 0.25) is 0 Å². The SMILES string of the molecule is CCC(N)(c1ccc(F)cn1)c1cccc2c1OCCC2. The molecule has 1 aliphatic heterocycles. The van der Waals surface area contributed by atoms with Crippen LogP contribution in [-0.2, 0) is 12.0 Å². The van der Waals surface area contributed by atoms with Crippen molar-refractivity contribution >= 4 is 0 Å². The minimum Gasteiger partial charge on any atom is -0.493 e. The van der Waals surface area contributed by atoms with E-state index in [2.05, 4.69) is 11.1 Å². The van der Waals surface area contributed by atoms with Gasteiger partial charge in [0.05, 0.1) is 24.0 Å². The third kappa shape index (κ3) is 2.40. The molecule has 1 aliphatic rings. The molecule has 3 rings (SSSR count). The van der Waals surface area contributed by atoms with E-state index in [1.54, 1.807) is 6.07 Å². The number of fused-ring (bicyclic) bond motifs is 1. The number of aromatic nitrogens is 1. The topological polar surface area (TPSA) is 48.1 Å². The number of hydrogen-bond donors (Lipinski definition) is 1. The molecule has 2 heterocycles. The molecular formula is C17H19FN2O. The molecule has 2 N–H and O–H groups in total. The lowest BCUT2D eigenvalue weighted by Gasteiger charge is -2.32. The highest BCUT2D eigenvalue weighted by molar-refractivity contribution is 5.49. The second-order valence-electron chi connectivity index (χ2n) is 5.43. The van der Waals surface area contributed by atoms with Crippen LogP contribution >= 0.6 is 0 Å². The fraction of sp³-hybridized carbons (Fsp3) is 0.353. The molecule has 0 aliphatic carbocycles. The smallest absolute Gasteiger partial charge is 0.141 e. The van der Waals surface area contributed by atoms with E-state index < -0.39 is 5.54 Å². The summed E-state index contributed by atoms with van der Waals surface area (Å²) in [6.07, 6.45) is 3.89. The van der Waals surface area contributed by atoms with Crippen molar-refractivity contribution in [1.82, 2.24) is 4.98 Å². The number of aryl methyl sites for hydroxylation is 1. The van der Waals surface area contributed by atoms with Gasteiger partial charge in [-0.05, 0) is 37.0 Å². The van der Waals surface area contributed by atoms with Crippen molar-refractivity contribution in [3.05, 3.63) is 59.2 Å². The average Bonchev–Trinajstić information content (AvgIpc) is 2.54. The van der Waals surface area contributed by atoms with E-state index in [-0.39, 0.29) is 5.82 Å². The van der Waals surface area contributed by atoms with Crippen molar-refractivity contribution < 1.29 is 9.13 Å². The van der Waals surface area contributed by atoms with Crippen molar-refractivity contribution in [3.8, 4) is 5.75 Å². The van der Waals surface area contributed by atoms with Crippen LogP contribution in [0, 0.1) is 5.82 Å². The van der Waals surface area contributed by atoms with Crippen LogP contribution in [0.3, 0.4) is 0 Å². The Bertz CT molecular complexity index is 642. The molecule has 21 heavy (non-hydrogen) atoms. The minimum atomic E-state index is -0.767. The van der Waals surface area contributed by atoms with E-state index >= 15 is 0 Å². The fourth-order valence-corrected chi connectivity index (χ4v) is 2.89. The highest BCUT2D eigenvalue weighted by Crippen LogP contribution is 2.39. The zero-order valence-electron chi connectivity index (χ0n) is 12.1. The lowest BCUT2D eigenvalue weighted by atomic mass is 9.82. The highest BCUT2D eigenvalue weighted by Gasteiger charge is 2.33. The van der Waals surface area contributed by atoms with Gasteiger partial charge in [0.15, 0.2) is 0 Å². The number of halogens is 1. The third-order valence-electron chi connectivity index (χ3n) is 4.16. The monoisotopic (exact) mass is 286 g/mol. The largest absolute Gasteiger partial charge is 0.493 e. The molecule has 110 valence electrons. The number of para-hydroxylation sites is 1. The summed E-state index contributed by atoms with van der Waals surface area (Å²) in [5.41, 5.74) is 8.66. The number of nitrogens with two attached hydrogens (primary N) is 1. The van der Waals surface area contributed by atoms with Gasteiger partial charge in [0.25, 0.3) is 0 Å². The molecule has 4 heteroatoms. The second kappa shape index (κ2) is 5.45. The van der Waals surface area contributed by atoms with E-state index in [1.807, 2.05) is 19.1 Å². The highest BCUT2D eigenvalue weighted by atomic mass is 19.1. The standard InChI is InChI=1S/C17H19FN2O/c1-2-17(19,15-9-8-13(18)11-20-15)14-7-3-5-12-6-4-10-21-16(12)14/h3,5,7-9,11H,2,4,6,10,19H2,1H3.